The largest absolute Gasteiger partial charge is 0.381 e. The smallest absolute Gasteiger partial charge is 0.308 e. The van der Waals surface area contributed by atoms with E-state index in [9.17, 15) is 13.9 Å². The van der Waals surface area contributed by atoms with Crippen LogP contribution < -0.4 is 0 Å². The van der Waals surface area contributed by atoms with Crippen molar-refractivity contribution in [1.82, 2.24) is 0 Å². The molecule has 1 aromatic carbocycles. The molecule has 0 saturated carbocycles. The Kier molecular flexibility index (Phi) is 3.46. The van der Waals surface area contributed by atoms with E-state index < -0.39 is 21.4 Å². The number of aliphatic hydroxyl groups excluding tert-OH is 1. The van der Waals surface area contributed by atoms with Crippen LogP contribution in [0.2, 0.25) is 0 Å². The fourth-order valence-electron chi connectivity index (χ4n) is 2.31. The predicted molar refractivity (Wildman–Crippen MR) is 68.8 cm³/mol. The highest BCUT2D eigenvalue weighted by Gasteiger charge is 2.52. The Labute approximate surface area is 102 Å². The lowest BCUT2D eigenvalue weighted by Crippen LogP contribution is -2.33. The average molecular weight is 260 g/mol. The summed E-state index contributed by atoms with van der Waals surface area (Å²) < 4.78 is 28.8. The highest BCUT2D eigenvalue weighted by atomic mass is 32.3. The number of hydrogen-bond donors (Lipinski definition) is 1. The van der Waals surface area contributed by atoms with Crippen LogP contribution in [0.4, 0.5) is 8.78 Å². The number of aliphatic hydroxyl groups is 1. The highest BCUT2D eigenvalue weighted by Crippen LogP contribution is 2.66. The van der Waals surface area contributed by atoms with E-state index in [1.54, 1.807) is 36.6 Å². The summed E-state index contributed by atoms with van der Waals surface area (Å²) >= 11 is 0. The first-order chi connectivity index (χ1) is 7.97. The Morgan fingerprint density at radius 3 is 2.24 bits per heavy atom. The van der Waals surface area contributed by atoms with E-state index >= 15 is 0 Å². The van der Waals surface area contributed by atoms with Crippen molar-refractivity contribution in [2.24, 2.45) is 0 Å². The van der Waals surface area contributed by atoms with E-state index in [2.05, 4.69) is 0 Å². The number of halogens is 2. The molecular formula is C13H18F2OS. The summed E-state index contributed by atoms with van der Waals surface area (Å²) in [4.78, 5) is 0. The Morgan fingerprint density at radius 2 is 1.71 bits per heavy atom. The molecule has 1 saturated heterocycles. The molecule has 0 bridgehead atoms. The van der Waals surface area contributed by atoms with Crippen molar-refractivity contribution < 1.29 is 13.9 Å². The van der Waals surface area contributed by atoms with Crippen LogP contribution in [0.25, 0.3) is 0 Å². The third kappa shape index (κ3) is 2.20. The highest BCUT2D eigenvalue weighted by molar-refractivity contribution is 8.34. The lowest BCUT2D eigenvalue weighted by molar-refractivity contribution is -0.0390. The Morgan fingerprint density at radius 1 is 1.18 bits per heavy atom. The third-order valence-corrected chi connectivity index (χ3v) is 7.45. The molecule has 0 amide bonds. The van der Waals surface area contributed by atoms with Gasteiger partial charge in [0.1, 0.15) is 0 Å². The summed E-state index contributed by atoms with van der Waals surface area (Å²) in [5, 5.41) is 6.96. The van der Waals surface area contributed by atoms with Crippen molar-refractivity contribution in [3.05, 3.63) is 35.9 Å². The van der Waals surface area contributed by atoms with Gasteiger partial charge < -0.3 is 5.11 Å². The first kappa shape index (κ1) is 12.8. The molecule has 1 unspecified atom stereocenters. The molecule has 0 radical (unpaired) electrons. The Hall–Kier alpha value is -0.610. The van der Waals surface area contributed by atoms with Crippen LogP contribution in [-0.2, 0) is 0 Å². The van der Waals surface area contributed by atoms with Gasteiger partial charge >= 0.3 is 5.25 Å². The minimum atomic E-state index is -2.98. The number of benzene rings is 1. The molecule has 2 rings (SSSR count). The van der Waals surface area contributed by atoms with Crippen molar-refractivity contribution in [3.63, 3.8) is 0 Å². The number of hydrogen-bond acceptors (Lipinski definition) is 1. The lowest BCUT2D eigenvalue weighted by atomic mass is 10.1. The first-order valence-corrected chi connectivity index (χ1v) is 8.19. The van der Waals surface area contributed by atoms with Crippen LogP contribution in [0.1, 0.15) is 24.5 Å². The van der Waals surface area contributed by atoms with Crippen molar-refractivity contribution in [2.45, 2.75) is 24.2 Å². The van der Waals surface area contributed by atoms with Gasteiger partial charge in [0.2, 0.25) is 0 Å². The average Bonchev–Trinajstić information content (AvgIpc) is 2.78. The quantitative estimate of drug-likeness (QED) is 0.881. The molecule has 1 N–H and O–H groups in total. The van der Waals surface area contributed by atoms with Crippen molar-refractivity contribution in [1.29, 1.82) is 0 Å². The van der Waals surface area contributed by atoms with Gasteiger partial charge in [-0.2, -0.15) is 18.8 Å². The minimum absolute atomic E-state index is 0.318. The predicted octanol–water partition coefficient (Wildman–Crippen LogP) is 3.54. The van der Waals surface area contributed by atoms with Crippen LogP contribution in [0, 0.1) is 0 Å². The van der Waals surface area contributed by atoms with Crippen LogP contribution in [0.3, 0.4) is 0 Å². The maximum absolute atomic E-state index is 14.4. The van der Waals surface area contributed by atoms with E-state index in [0.29, 0.717) is 17.1 Å². The molecule has 1 aliphatic rings. The molecule has 0 spiro atoms. The standard InChI is InChI=1S/C13H18F2OS/c1-17(9-5-6-10-17)13(14,15)12(16)11-7-3-2-4-8-11/h2-4,7-8,12,16H,5-6,9-10H2,1H3. The van der Waals surface area contributed by atoms with Crippen molar-refractivity contribution in [2.75, 3.05) is 17.8 Å². The van der Waals surface area contributed by atoms with Crippen LogP contribution in [0.15, 0.2) is 30.3 Å². The maximum Gasteiger partial charge on any atom is 0.308 e. The molecule has 1 aliphatic heterocycles. The van der Waals surface area contributed by atoms with E-state index in [4.69, 9.17) is 0 Å². The second kappa shape index (κ2) is 4.58. The lowest BCUT2D eigenvalue weighted by Gasteiger charge is -2.41. The van der Waals surface area contributed by atoms with Crippen LogP contribution in [0.5, 0.6) is 0 Å². The molecule has 1 nitrogen and oxygen atoms in total. The summed E-state index contributed by atoms with van der Waals surface area (Å²) in [6.45, 7) is 0. The Balaban J connectivity index is 2.26. The van der Waals surface area contributed by atoms with Crippen molar-refractivity contribution in [3.8, 4) is 0 Å². The van der Waals surface area contributed by atoms with E-state index in [0.717, 1.165) is 12.8 Å². The topological polar surface area (TPSA) is 20.2 Å². The Bertz CT molecular complexity index is 374. The summed E-state index contributed by atoms with van der Waals surface area (Å²) in [6.07, 6.45) is 1.74. The van der Waals surface area contributed by atoms with E-state index in [1.165, 1.54) is 0 Å². The van der Waals surface area contributed by atoms with Gasteiger partial charge in [0.05, 0.1) is 0 Å². The van der Waals surface area contributed by atoms with E-state index in [-0.39, 0.29) is 0 Å². The third-order valence-electron chi connectivity index (χ3n) is 3.53. The van der Waals surface area contributed by atoms with Gasteiger partial charge in [-0.05, 0) is 36.2 Å². The van der Waals surface area contributed by atoms with Gasteiger partial charge in [0.15, 0.2) is 6.10 Å². The summed E-state index contributed by atoms with van der Waals surface area (Å²) in [5.74, 6) is 1.15. The normalized spacial score (nSPS) is 23.3. The zero-order valence-electron chi connectivity index (χ0n) is 9.90. The van der Waals surface area contributed by atoms with Gasteiger partial charge in [0, 0.05) is 0 Å². The van der Waals surface area contributed by atoms with Gasteiger partial charge in [-0.3, -0.25) is 0 Å². The molecule has 0 aliphatic carbocycles. The summed E-state index contributed by atoms with van der Waals surface area (Å²) in [6, 6.07) is 8.26. The van der Waals surface area contributed by atoms with Gasteiger partial charge in [0.25, 0.3) is 0 Å². The van der Waals surface area contributed by atoms with Crippen LogP contribution in [-0.4, -0.2) is 28.1 Å². The van der Waals surface area contributed by atoms with Crippen LogP contribution >= 0.6 is 10.0 Å². The molecule has 1 atom stereocenters. The number of alkyl halides is 2. The molecule has 1 fully saturated rings. The maximum atomic E-state index is 14.4. The summed E-state index contributed by atoms with van der Waals surface area (Å²) in [5.41, 5.74) is 0.318. The second-order valence-electron chi connectivity index (χ2n) is 4.76. The molecule has 1 aromatic rings. The van der Waals surface area contributed by atoms with Crippen molar-refractivity contribution >= 4 is 10.0 Å². The molecule has 1 heterocycles. The SMILES string of the molecule is CS1(C(F)(F)C(O)c2ccccc2)CCCC1. The second-order valence-corrected chi connectivity index (χ2v) is 8.67. The van der Waals surface area contributed by atoms with E-state index in [1.807, 2.05) is 0 Å². The monoisotopic (exact) mass is 260 g/mol. The fraction of sp³-hybridized carbons (Fsp3) is 0.538. The van der Waals surface area contributed by atoms with Gasteiger partial charge in [-0.1, -0.05) is 30.3 Å². The first-order valence-electron chi connectivity index (χ1n) is 5.81. The minimum Gasteiger partial charge on any atom is -0.381 e. The molecule has 96 valence electrons. The van der Waals surface area contributed by atoms with Gasteiger partial charge in [-0.25, -0.2) is 0 Å². The zero-order valence-corrected chi connectivity index (χ0v) is 10.7. The zero-order chi connectivity index (χ0) is 12.5. The number of rotatable bonds is 3. The summed E-state index contributed by atoms with van der Waals surface area (Å²) in [7, 11) is -2.01. The fourth-order valence-corrected chi connectivity index (χ4v) is 5.42. The molecule has 4 heteroatoms. The molecular weight excluding hydrogens is 242 g/mol. The molecule has 17 heavy (non-hydrogen) atoms. The molecule has 0 aromatic heterocycles. The van der Waals surface area contributed by atoms with Gasteiger partial charge in [-0.15, -0.1) is 0 Å².